The summed E-state index contributed by atoms with van der Waals surface area (Å²) < 4.78 is 11.1. The third kappa shape index (κ3) is 39.6. The largest absolute Gasteiger partial charge is 0.394 e. The lowest BCUT2D eigenvalue weighted by Crippen LogP contribution is -2.60. The van der Waals surface area contributed by atoms with Gasteiger partial charge < -0.3 is 50.5 Å². The summed E-state index contributed by atoms with van der Waals surface area (Å²) in [4.78, 5) is 13.2. The smallest absolute Gasteiger partial charge is 0.249 e. The number of unbranched alkanes of at least 4 members (excludes halogenated alkanes) is 38. The van der Waals surface area contributed by atoms with E-state index in [1.165, 1.54) is 212 Å². The van der Waals surface area contributed by atoms with Crippen LogP contribution in [0.1, 0.15) is 296 Å². The van der Waals surface area contributed by atoms with E-state index in [9.17, 15) is 40.5 Å². The minimum absolute atomic E-state index is 0.249. The molecule has 9 atom stereocenters. The molecule has 0 bridgehead atoms. The molecule has 1 saturated heterocycles. The van der Waals surface area contributed by atoms with Crippen LogP contribution in [0, 0.1) is 0 Å². The van der Waals surface area contributed by atoms with E-state index in [0.717, 1.165) is 38.5 Å². The number of rotatable bonds is 54. The Balaban J connectivity index is 2.30. The number of ether oxygens (including phenoxy) is 2. The monoisotopic (exact) mass is 1040 g/mol. The van der Waals surface area contributed by atoms with Crippen molar-refractivity contribution in [2.45, 2.75) is 351 Å². The Morgan fingerprint density at radius 3 is 1.22 bits per heavy atom. The van der Waals surface area contributed by atoms with Crippen molar-refractivity contribution in [2.75, 3.05) is 13.2 Å². The molecular weight excluding hydrogens is 919 g/mol. The molecule has 11 heteroatoms. The van der Waals surface area contributed by atoms with Crippen LogP contribution in [-0.2, 0) is 14.3 Å². The number of nitrogens with one attached hydrogen (secondary N) is 1. The summed E-state index contributed by atoms with van der Waals surface area (Å²) in [5.41, 5.74) is 0. The Hall–Kier alpha value is -1.41. The topological polar surface area (TPSA) is 189 Å². The lowest BCUT2D eigenvalue weighted by molar-refractivity contribution is -0.303. The lowest BCUT2D eigenvalue weighted by atomic mass is 9.98. The zero-order valence-corrected chi connectivity index (χ0v) is 47.4. The molecule has 0 saturated carbocycles. The van der Waals surface area contributed by atoms with Crippen molar-refractivity contribution in [2.24, 2.45) is 0 Å². The maximum absolute atomic E-state index is 13.2. The number of aliphatic hydroxyl groups is 7. The molecule has 1 aliphatic rings. The Morgan fingerprint density at radius 1 is 0.466 bits per heavy atom. The van der Waals surface area contributed by atoms with Gasteiger partial charge in [0.1, 0.15) is 36.6 Å². The minimum Gasteiger partial charge on any atom is -0.394 e. The van der Waals surface area contributed by atoms with Crippen molar-refractivity contribution in [3.05, 3.63) is 24.3 Å². The van der Waals surface area contributed by atoms with E-state index < -0.39 is 74.2 Å². The molecular formula is C62H119NO10. The first-order valence-corrected chi connectivity index (χ1v) is 31.2. The van der Waals surface area contributed by atoms with Crippen molar-refractivity contribution in [1.29, 1.82) is 0 Å². The standard InChI is InChI=1S/C62H119NO10/c1-3-5-7-9-11-13-15-17-19-21-23-25-26-27-28-29-30-32-33-35-37-39-41-43-45-47-49-54(65)57(67)53(52-72-62-60(70)59(69)58(68)56(51-64)73-62)63-61(71)55(66)50-48-46-44-42-40-38-36-34-31-24-22-20-18-16-14-12-10-8-6-4-2/h33,35,41,43,53-60,62,64-70H,3-32,34,36-40,42,44-52H2,1-2H3,(H,63,71)/b35-33+,43-41+. The van der Waals surface area contributed by atoms with Gasteiger partial charge in [0, 0.05) is 0 Å². The molecule has 0 aliphatic carbocycles. The summed E-state index contributed by atoms with van der Waals surface area (Å²) in [5.74, 6) is -0.705. The van der Waals surface area contributed by atoms with Gasteiger partial charge in [-0.1, -0.05) is 269 Å². The molecule has 9 unspecified atom stereocenters. The predicted octanol–water partition coefficient (Wildman–Crippen LogP) is 13.7. The van der Waals surface area contributed by atoms with E-state index in [1.807, 2.05) is 0 Å². The van der Waals surface area contributed by atoms with Gasteiger partial charge in [-0.3, -0.25) is 4.79 Å². The van der Waals surface area contributed by atoms with Gasteiger partial charge in [0.15, 0.2) is 6.29 Å². The quantitative estimate of drug-likeness (QED) is 0.0215. The molecule has 1 heterocycles. The van der Waals surface area contributed by atoms with Crippen LogP contribution in [0.25, 0.3) is 0 Å². The fraction of sp³-hybridized carbons (Fsp3) is 0.919. The second-order valence-electron chi connectivity index (χ2n) is 22.1. The summed E-state index contributed by atoms with van der Waals surface area (Å²) in [6.45, 7) is 3.48. The van der Waals surface area contributed by atoms with Crippen LogP contribution >= 0.6 is 0 Å². The Kier molecular flexibility index (Phi) is 49.0. The summed E-state index contributed by atoms with van der Waals surface area (Å²) in [7, 11) is 0. The maximum atomic E-state index is 13.2. The zero-order chi connectivity index (χ0) is 53.3. The lowest BCUT2D eigenvalue weighted by Gasteiger charge is -2.40. The first-order valence-electron chi connectivity index (χ1n) is 31.2. The van der Waals surface area contributed by atoms with Crippen molar-refractivity contribution >= 4 is 5.91 Å². The molecule has 1 aliphatic heterocycles. The van der Waals surface area contributed by atoms with Crippen LogP contribution in [-0.4, -0.2) is 110 Å². The molecule has 1 fully saturated rings. The molecule has 8 N–H and O–H groups in total. The number of carbonyl (C=O) groups is 1. The maximum Gasteiger partial charge on any atom is 0.249 e. The molecule has 0 spiro atoms. The second kappa shape index (κ2) is 51.4. The highest BCUT2D eigenvalue weighted by atomic mass is 16.7. The number of allylic oxidation sites excluding steroid dienone is 4. The molecule has 11 nitrogen and oxygen atoms in total. The van der Waals surface area contributed by atoms with E-state index in [0.29, 0.717) is 19.3 Å². The van der Waals surface area contributed by atoms with Crippen molar-refractivity contribution in [3.63, 3.8) is 0 Å². The number of aliphatic hydroxyl groups excluding tert-OH is 7. The summed E-state index contributed by atoms with van der Waals surface area (Å²) in [6.07, 6.45) is 51.0. The van der Waals surface area contributed by atoms with Crippen LogP contribution in [0.2, 0.25) is 0 Å². The van der Waals surface area contributed by atoms with Gasteiger partial charge in [-0.15, -0.1) is 0 Å². The van der Waals surface area contributed by atoms with Gasteiger partial charge in [0.2, 0.25) is 5.91 Å². The average molecular weight is 1040 g/mol. The van der Waals surface area contributed by atoms with Crippen LogP contribution in [0.3, 0.4) is 0 Å². The third-order valence-electron chi connectivity index (χ3n) is 15.2. The van der Waals surface area contributed by atoms with Crippen LogP contribution in [0.4, 0.5) is 0 Å². The van der Waals surface area contributed by atoms with Gasteiger partial charge in [0.25, 0.3) is 0 Å². The van der Waals surface area contributed by atoms with Crippen LogP contribution < -0.4 is 5.32 Å². The molecule has 0 radical (unpaired) electrons. The Morgan fingerprint density at radius 2 is 0.822 bits per heavy atom. The number of hydrogen-bond donors (Lipinski definition) is 8. The number of amides is 1. The van der Waals surface area contributed by atoms with Gasteiger partial charge in [0.05, 0.1) is 25.4 Å². The van der Waals surface area contributed by atoms with E-state index in [4.69, 9.17) is 9.47 Å². The normalized spacial score (nSPS) is 20.0. The Labute approximate surface area is 448 Å². The highest BCUT2D eigenvalue weighted by molar-refractivity contribution is 5.80. The molecule has 0 aromatic heterocycles. The van der Waals surface area contributed by atoms with Gasteiger partial charge in [-0.2, -0.15) is 0 Å². The summed E-state index contributed by atoms with van der Waals surface area (Å²) in [6, 6.07) is -1.19. The molecule has 1 amide bonds. The first kappa shape index (κ1) is 69.6. The number of hydrogen-bond acceptors (Lipinski definition) is 10. The van der Waals surface area contributed by atoms with Gasteiger partial charge in [-0.25, -0.2) is 0 Å². The third-order valence-corrected chi connectivity index (χ3v) is 15.2. The van der Waals surface area contributed by atoms with E-state index >= 15 is 0 Å². The van der Waals surface area contributed by atoms with Crippen molar-refractivity contribution in [3.8, 4) is 0 Å². The summed E-state index contributed by atoms with van der Waals surface area (Å²) in [5, 5.41) is 76.2. The van der Waals surface area contributed by atoms with Crippen LogP contribution in [0.15, 0.2) is 24.3 Å². The van der Waals surface area contributed by atoms with E-state index in [-0.39, 0.29) is 12.8 Å². The summed E-state index contributed by atoms with van der Waals surface area (Å²) >= 11 is 0. The van der Waals surface area contributed by atoms with Gasteiger partial charge in [-0.05, 0) is 51.4 Å². The van der Waals surface area contributed by atoms with Crippen molar-refractivity contribution in [1.82, 2.24) is 5.32 Å². The van der Waals surface area contributed by atoms with Crippen molar-refractivity contribution < 1.29 is 50.0 Å². The average Bonchev–Trinajstić information content (AvgIpc) is 3.39. The highest BCUT2D eigenvalue weighted by Gasteiger charge is 2.44. The molecule has 1 rings (SSSR count). The molecule has 0 aromatic carbocycles. The van der Waals surface area contributed by atoms with E-state index in [2.05, 4.69) is 43.5 Å². The minimum atomic E-state index is -1.67. The first-order chi connectivity index (χ1) is 35.7. The second-order valence-corrected chi connectivity index (χ2v) is 22.1. The molecule has 432 valence electrons. The predicted molar refractivity (Wildman–Crippen MR) is 302 cm³/mol. The van der Waals surface area contributed by atoms with Crippen LogP contribution in [0.5, 0.6) is 0 Å². The SMILES string of the molecule is CCCCCCCCCCCCCCCCCCC/C=C/CC/C=C/CCCC(O)C(O)C(COC1OC(CO)C(O)C(O)C1O)NC(=O)C(O)CCCCCCCCCCCCCCCCCCCCCC. The highest BCUT2D eigenvalue weighted by Crippen LogP contribution is 2.23. The van der Waals surface area contributed by atoms with Gasteiger partial charge >= 0.3 is 0 Å². The van der Waals surface area contributed by atoms with E-state index in [1.54, 1.807) is 0 Å². The molecule has 73 heavy (non-hydrogen) atoms. The Bertz CT molecular complexity index is 1240. The molecule has 0 aromatic rings. The fourth-order valence-corrected chi connectivity index (χ4v) is 10.2. The fourth-order valence-electron chi connectivity index (χ4n) is 10.2. The number of carbonyl (C=O) groups excluding carboxylic acids is 1. The zero-order valence-electron chi connectivity index (χ0n) is 47.4.